The van der Waals surface area contributed by atoms with E-state index in [2.05, 4.69) is 19.9 Å². The number of piperidine rings is 2. The number of rotatable bonds is 4. The lowest BCUT2D eigenvalue weighted by Crippen LogP contribution is -2.55. The van der Waals surface area contributed by atoms with Crippen LogP contribution in [-0.2, 0) is 11.3 Å². The van der Waals surface area contributed by atoms with E-state index >= 15 is 0 Å². The number of carbonyl (C=O) groups excluding carboxylic acids is 2. The minimum Gasteiger partial charge on any atom is -0.363 e. The average molecular weight is 361 g/mol. The molecule has 1 atom stereocenters. The molecule has 8 heteroatoms. The zero-order chi connectivity index (χ0) is 18.1. The maximum absolute atomic E-state index is 12.5. The predicted octanol–water partition coefficient (Wildman–Crippen LogP) is 1.32. The van der Waals surface area contributed by atoms with Gasteiger partial charge in [0.1, 0.15) is 0 Å². The van der Waals surface area contributed by atoms with E-state index in [0.717, 1.165) is 51.7 Å². The van der Waals surface area contributed by atoms with E-state index in [4.69, 9.17) is 10.3 Å². The van der Waals surface area contributed by atoms with E-state index in [9.17, 15) is 9.59 Å². The molecule has 3 heterocycles. The van der Waals surface area contributed by atoms with Gasteiger partial charge in [-0.25, -0.2) is 0 Å². The van der Waals surface area contributed by atoms with Crippen LogP contribution in [0.3, 0.4) is 0 Å². The summed E-state index contributed by atoms with van der Waals surface area (Å²) in [4.78, 5) is 32.2. The second-order valence-corrected chi connectivity index (χ2v) is 8.15. The van der Waals surface area contributed by atoms with Gasteiger partial charge in [0, 0.05) is 31.0 Å². The molecule has 8 nitrogen and oxygen atoms in total. The molecule has 0 bridgehead atoms. The first kappa shape index (κ1) is 17.5. The largest absolute Gasteiger partial charge is 0.363 e. The Kier molecular flexibility index (Phi) is 4.69. The Labute approximate surface area is 153 Å². The molecule has 2 saturated heterocycles. The summed E-state index contributed by atoms with van der Waals surface area (Å²) in [7, 11) is 0. The summed E-state index contributed by atoms with van der Waals surface area (Å²) < 4.78 is 5.16. The summed E-state index contributed by atoms with van der Waals surface area (Å²) in [5.41, 5.74) is 5.35. The fourth-order valence-electron chi connectivity index (χ4n) is 4.98. The van der Waals surface area contributed by atoms with Gasteiger partial charge < -0.3 is 15.2 Å². The molecule has 0 aromatic carbocycles. The molecule has 1 saturated carbocycles. The van der Waals surface area contributed by atoms with Crippen molar-refractivity contribution in [2.45, 2.75) is 64.0 Å². The second kappa shape index (κ2) is 6.98. The van der Waals surface area contributed by atoms with Crippen molar-refractivity contribution >= 4 is 11.8 Å². The van der Waals surface area contributed by atoms with Crippen molar-refractivity contribution in [1.29, 1.82) is 0 Å². The second-order valence-electron chi connectivity index (χ2n) is 8.15. The number of likely N-dealkylation sites (tertiary alicyclic amines) is 2. The highest BCUT2D eigenvalue weighted by Crippen LogP contribution is 2.41. The Morgan fingerprint density at radius 2 is 2.04 bits per heavy atom. The van der Waals surface area contributed by atoms with Gasteiger partial charge in [-0.05, 0) is 38.6 Å². The van der Waals surface area contributed by atoms with Gasteiger partial charge >= 0.3 is 0 Å². The van der Waals surface area contributed by atoms with E-state index in [-0.39, 0.29) is 11.2 Å². The zero-order valence-electron chi connectivity index (χ0n) is 15.2. The molecule has 2 amide bonds. The number of nitrogens with zero attached hydrogens (tertiary/aromatic N) is 4. The molecule has 1 spiro atoms. The molecular weight excluding hydrogens is 334 g/mol. The maximum atomic E-state index is 12.5. The van der Waals surface area contributed by atoms with Crippen LogP contribution in [0, 0.1) is 5.41 Å². The van der Waals surface area contributed by atoms with Gasteiger partial charge in [-0.15, -0.1) is 0 Å². The molecule has 142 valence electrons. The summed E-state index contributed by atoms with van der Waals surface area (Å²) in [6, 6.07) is 0.448. The number of carbonyl (C=O) groups is 2. The van der Waals surface area contributed by atoms with Crippen molar-refractivity contribution in [1.82, 2.24) is 19.9 Å². The molecule has 3 fully saturated rings. The zero-order valence-corrected chi connectivity index (χ0v) is 15.2. The third-order valence-corrected chi connectivity index (χ3v) is 6.25. The Morgan fingerprint density at radius 3 is 2.77 bits per heavy atom. The van der Waals surface area contributed by atoms with E-state index < -0.39 is 5.91 Å². The van der Waals surface area contributed by atoms with Crippen LogP contribution in [0.25, 0.3) is 0 Å². The molecule has 2 N–H and O–H groups in total. The van der Waals surface area contributed by atoms with Crippen LogP contribution in [0.4, 0.5) is 0 Å². The highest BCUT2D eigenvalue weighted by atomic mass is 16.5. The average Bonchev–Trinajstić information content (AvgIpc) is 3.29. The molecule has 1 aliphatic carbocycles. The van der Waals surface area contributed by atoms with E-state index in [1.807, 2.05) is 0 Å². The molecule has 3 aliphatic rings. The number of hydrogen-bond donors (Lipinski definition) is 1. The highest BCUT2D eigenvalue weighted by Gasteiger charge is 2.44. The summed E-state index contributed by atoms with van der Waals surface area (Å²) in [5, 5.41) is 3.62. The van der Waals surface area contributed by atoms with Crippen LogP contribution < -0.4 is 5.73 Å². The van der Waals surface area contributed by atoms with Gasteiger partial charge in [0.15, 0.2) is 0 Å². The highest BCUT2D eigenvalue weighted by molar-refractivity contribution is 5.88. The van der Waals surface area contributed by atoms with E-state index in [1.165, 1.54) is 12.8 Å². The molecule has 4 rings (SSSR count). The minimum absolute atomic E-state index is 0.0672. The molecule has 2 aliphatic heterocycles. The first-order chi connectivity index (χ1) is 12.5. The van der Waals surface area contributed by atoms with Gasteiger partial charge in [-0.3, -0.25) is 14.5 Å². The smallest absolute Gasteiger partial charge is 0.290 e. The third kappa shape index (κ3) is 3.47. The molecule has 0 radical (unpaired) electrons. The Hall–Kier alpha value is -1.96. The Balaban J connectivity index is 1.43. The fourth-order valence-corrected chi connectivity index (χ4v) is 4.98. The van der Waals surface area contributed by atoms with E-state index in [0.29, 0.717) is 30.8 Å². The van der Waals surface area contributed by atoms with Crippen molar-refractivity contribution < 1.29 is 14.1 Å². The van der Waals surface area contributed by atoms with Gasteiger partial charge in [0.25, 0.3) is 11.7 Å². The van der Waals surface area contributed by atoms with Crippen molar-refractivity contribution in [2.75, 3.05) is 19.6 Å². The predicted molar refractivity (Wildman–Crippen MR) is 93.0 cm³/mol. The summed E-state index contributed by atoms with van der Waals surface area (Å²) in [5.74, 6) is 0.0218. The van der Waals surface area contributed by atoms with Crippen LogP contribution in [0.2, 0.25) is 0 Å². The van der Waals surface area contributed by atoms with Crippen LogP contribution in [-0.4, -0.2) is 57.4 Å². The van der Waals surface area contributed by atoms with Crippen LogP contribution in [0.5, 0.6) is 0 Å². The van der Waals surface area contributed by atoms with Crippen LogP contribution in [0.1, 0.15) is 67.9 Å². The lowest BCUT2D eigenvalue weighted by molar-refractivity contribution is -0.142. The normalized spacial score (nSPS) is 28.2. The number of primary amides is 1. The van der Waals surface area contributed by atoms with Crippen molar-refractivity contribution in [2.24, 2.45) is 11.1 Å². The number of nitrogens with two attached hydrogens (primary N) is 1. The standard InChI is InChI=1S/C18H27N5O3/c19-16(25)17-20-14(26-21-17)10-22-9-3-7-18(11-22)8-6-15(24)23(12-18)13-4-1-2-5-13/h13H,1-12H2,(H2,19,25). The van der Waals surface area contributed by atoms with Gasteiger partial charge in [-0.1, -0.05) is 18.0 Å². The molecule has 26 heavy (non-hydrogen) atoms. The van der Waals surface area contributed by atoms with Crippen molar-refractivity contribution in [3.8, 4) is 0 Å². The van der Waals surface area contributed by atoms with Crippen molar-refractivity contribution in [3.05, 3.63) is 11.7 Å². The monoisotopic (exact) mass is 361 g/mol. The minimum atomic E-state index is -0.673. The Bertz CT molecular complexity index is 684. The van der Waals surface area contributed by atoms with Crippen LogP contribution in [0.15, 0.2) is 4.52 Å². The lowest BCUT2D eigenvalue weighted by atomic mass is 9.73. The summed E-state index contributed by atoms with van der Waals surface area (Å²) in [6.07, 6.45) is 8.69. The lowest BCUT2D eigenvalue weighted by Gasteiger charge is -2.49. The SMILES string of the molecule is NC(=O)c1noc(CN2CCCC3(CCC(=O)N(C4CCCC4)C3)C2)n1. The summed E-state index contributed by atoms with van der Waals surface area (Å²) in [6.45, 7) is 3.30. The molecule has 1 aromatic rings. The number of aromatic nitrogens is 2. The topological polar surface area (TPSA) is 106 Å². The summed E-state index contributed by atoms with van der Waals surface area (Å²) >= 11 is 0. The third-order valence-electron chi connectivity index (χ3n) is 6.25. The maximum Gasteiger partial charge on any atom is 0.290 e. The number of amides is 2. The first-order valence-electron chi connectivity index (χ1n) is 9.69. The van der Waals surface area contributed by atoms with Gasteiger partial charge in [0.2, 0.25) is 11.8 Å². The van der Waals surface area contributed by atoms with Crippen LogP contribution >= 0.6 is 0 Å². The van der Waals surface area contributed by atoms with Gasteiger partial charge in [0.05, 0.1) is 6.54 Å². The first-order valence-corrected chi connectivity index (χ1v) is 9.69. The van der Waals surface area contributed by atoms with E-state index in [1.54, 1.807) is 0 Å². The van der Waals surface area contributed by atoms with Crippen molar-refractivity contribution in [3.63, 3.8) is 0 Å². The number of hydrogen-bond acceptors (Lipinski definition) is 6. The van der Waals surface area contributed by atoms with Gasteiger partial charge in [-0.2, -0.15) is 4.98 Å². The fraction of sp³-hybridized carbons (Fsp3) is 0.778. The quantitative estimate of drug-likeness (QED) is 0.867. The molecular formula is C18H27N5O3. The Morgan fingerprint density at radius 1 is 1.23 bits per heavy atom. The molecule has 1 aromatic heterocycles. The molecule has 1 unspecified atom stereocenters.